The lowest BCUT2D eigenvalue weighted by molar-refractivity contribution is 0.0999. The van der Waals surface area contributed by atoms with Gasteiger partial charge in [0, 0.05) is 17.5 Å². The second-order valence-electron chi connectivity index (χ2n) is 3.20. The average Bonchev–Trinajstić information content (AvgIpc) is 2.53. The van der Waals surface area contributed by atoms with Crippen molar-refractivity contribution in [2.24, 2.45) is 5.73 Å². The van der Waals surface area contributed by atoms with Gasteiger partial charge in [-0.15, -0.1) is 0 Å². The second-order valence-corrected chi connectivity index (χ2v) is 3.20. The van der Waals surface area contributed by atoms with Crippen molar-refractivity contribution in [1.82, 2.24) is 0 Å². The third kappa shape index (κ3) is 1.16. The highest BCUT2D eigenvalue weighted by atomic mass is 16.5. The minimum absolute atomic E-state index is 0.373. The zero-order valence-corrected chi connectivity index (χ0v) is 7.46. The Balaban J connectivity index is 2.62. The van der Waals surface area contributed by atoms with E-state index in [2.05, 4.69) is 0 Å². The number of nitrogens with two attached hydrogens (primary N) is 1. The molecule has 1 aromatic rings. The van der Waals surface area contributed by atoms with Crippen LogP contribution in [0.5, 0.6) is 5.75 Å². The normalized spacial score (nSPS) is 13.6. The van der Waals surface area contributed by atoms with Crippen LogP contribution in [0, 0.1) is 6.92 Å². The molecule has 0 saturated heterocycles. The van der Waals surface area contributed by atoms with Gasteiger partial charge in [-0.25, -0.2) is 0 Å². The summed E-state index contributed by atoms with van der Waals surface area (Å²) in [7, 11) is 0. The number of carbonyl (C=O) groups is 1. The Morgan fingerprint density at radius 2 is 2.31 bits per heavy atom. The van der Waals surface area contributed by atoms with Crippen LogP contribution < -0.4 is 10.5 Å². The molecule has 0 fully saturated rings. The maximum absolute atomic E-state index is 11.0. The number of hydrogen-bond acceptors (Lipinski definition) is 2. The molecule has 0 saturated carbocycles. The summed E-state index contributed by atoms with van der Waals surface area (Å²) in [4.78, 5) is 11.0. The summed E-state index contributed by atoms with van der Waals surface area (Å²) in [5, 5.41) is 0. The molecule has 2 N–H and O–H groups in total. The van der Waals surface area contributed by atoms with Gasteiger partial charge in [-0.1, -0.05) is 6.07 Å². The molecule has 0 bridgehead atoms. The van der Waals surface area contributed by atoms with Crippen LogP contribution in [-0.4, -0.2) is 12.5 Å². The van der Waals surface area contributed by atoms with E-state index < -0.39 is 0 Å². The Morgan fingerprint density at radius 1 is 1.54 bits per heavy atom. The smallest absolute Gasteiger partial charge is 0.249 e. The SMILES string of the molecule is Cc1ccc(C(N)=O)c2c1OCC2. The molecule has 1 aliphatic rings. The number of hydrogen-bond donors (Lipinski definition) is 1. The number of rotatable bonds is 1. The van der Waals surface area contributed by atoms with Crippen LogP contribution in [0.15, 0.2) is 12.1 Å². The molecule has 0 unspecified atom stereocenters. The third-order valence-corrected chi connectivity index (χ3v) is 2.32. The summed E-state index contributed by atoms with van der Waals surface area (Å²) in [6.45, 7) is 2.62. The first kappa shape index (κ1) is 8.10. The van der Waals surface area contributed by atoms with Gasteiger partial charge >= 0.3 is 0 Å². The molecular weight excluding hydrogens is 166 g/mol. The van der Waals surface area contributed by atoms with Gasteiger partial charge in [0.05, 0.1) is 6.61 Å². The highest BCUT2D eigenvalue weighted by Gasteiger charge is 2.20. The Hall–Kier alpha value is -1.51. The highest BCUT2D eigenvalue weighted by Crippen LogP contribution is 2.31. The molecular formula is C10H11NO2. The van der Waals surface area contributed by atoms with E-state index >= 15 is 0 Å². The van der Waals surface area contributed by atoms with Crippen LogP contribution in [0.25, 0.3) is 0 Å². The largest absolute Gasteiger partial charge is 0.493 e. The van der Waals surface area contributed by atoms with Gasteiger partial charge in [-0.05, 0) is 18.6 Å². The van der Waals surface area contributed by atoms with Crippen molar-refractivity contribution < 1.29 is 9.53 Å². The van der Waals surface area contributed by atoms with E-state index in [9.17, 15) is 4.79 Å². The van der Waals surface area contributed by atoms with Gasteiger partial charge in [0.15, 0.2) is 0 Å². The highest BCUT2D eigenvalue weighted by molar-refractivity contribution is 5.95. The van der Waals surface area contributed by atoms with Crippen molar-refractivity contribution >= 4 is 5.91 Å². The number of fused-ring (bicyclic) bond motifs is 1. The quantitative estimate of drug-likeness (QED) is 0.696. The van der Waals surface area contributed by atoms with Crippen molar-refractivity contribution in [2.45, 2.75) is 13.3 Å². The van der Waals surface area contributed by atoms with E-state index in [1.54, 1.807) is 6.07 Å². The van der Waals surface area contributed by atoms with Crippen molar-refractivity contribution in [1.29, 1.82) is 0 Å². The fourth-order valence-electron chi connectivity index (χ4n) is 1.68. The van der Waals surface area contributed by atoms with Gasteiger partial charge in [-0.2, -0.15) is 0 Å². The number of amides is 1. The van der Waals surface area contributed by atoms with E-state index in [0.717, 1.165) is 23.3 Å². The molecule has 0 aromatic heterocycles. The lowest BCUT2D eigenvalue weighted by Crippen LogP contribution is -2.13. The van der Waals surface area contributed by atoms with Gasteiger partial charge in [0.1, 0.15) is 5.75 Å². The maximum atomic E-state index is 11.0. The molecule has 2 rings (SSSR count). The van der Waals surface area contributed by atoms with E-state index in [1.165, 1.54) is 0 Å². The Kier molecular flexibility index (Phi) is 1.72. The first-order valence-corrected chi connectivity index (χ1v) is 4.25. The van der Waals surface area contributed by atoms with Crippen LogP contribution in [0.4, 0.5) is 0 Å². The molecule has 68 valence electrons. The van der Waals surface area contributed by atoms with Crippen LogP contribution >= 0.6 is 0 Å². The minimum atomic E-state index is -0.373. The zero-order valence-electron chi connectivity index (χ0n) is 7.46. The van der Waals surface area contributed by atoms with Crippen molar-refractivity contribution in [2.75, 3.05) is 6.61 Å². The number of primary amides is 1. The zero-order chi connectivity index (χ0) is 9.42. The molecule has 0 aliphatic carbocycles. The Morgan fingerprint density at radius 3 is 3.00 bits per heavy atom. The van der Waals surface area contributed by atoms with Gasteiger partial charge in [0.25, 0.3) is 0 Å². The summed E-state index contributed by atoms with van der Waals surface area (Å²) >= 11 is 0. The predicted octanol–water partition coefficient (Wildman–Crippen LogP) is 1.03. The topological polar surface area (TPSA) is 52.3 Å². The molecule has 13 heavy (non-hydrogen) atoms. The second kappa shape index (κ2) is 2.76. The van der Waals surface area contributed by atoms with Crippen LogP contribution in [0.2, 0.25) is 0 Å². The van der Waals surface area contributed by atoms with E-state index in [0.29, 0.717) is 12.2 Å². The molecule has 1 heterocycles. The van der Waals surface area contributed by atoms with Crippen molar-refractivity contribution in [3.63, 3.8) is 0 Å². The van der Waals surface area contributed by atoms with Gasteiger partial charge in [0.2, 0.25) is 5.91 Å². The number of aryl methyl sites for hydroxylation is 1. The van der Waals surface area contributed by atoms with Crippen molar-refractivity contribution in [3.8, 4) is 5.75 Å². The fourth-order valence-corrected chi connectivity index (χ4v) is 1.68. The van der Waals surface area contributed by atoms with Crippen LogP contribution in [-0.2, 0) is 6.42 Å². The van der Waals surface area contributed by atoms with E-state index in [4.69, 9.17) is 10.5 Å². The standard InChI is InChI=1S/C10H11NO2/c1-6-2-3-8(10(11)12)7-4-5-13-9(6)7/h2-3H,4-5H2,1H3,(H2,11,12). The minimum Gasteiger partial charge on any atom is -0.493 e. The molecule has 0 atom stereocenters. The predicted molar refractivity (Wildman–Crippen MR) is 48.9 cm³/mol. The monoisotopic (exact) mass is 177 g/mol. The van der Waals surface area contributed by atoms with Crippen LogP contribution in [0.1, 0.15) is 21.5 Å². The summed E-state index contributed by atoms with van der Waals surface area (Å²) < 4.78 is 5.41. The molecule has 1 aromatic carbocycles. The molecule has 0 spiro atoms. The summed E-state index contributed by atoms with van der Waals surface area (Å²) in [5.74, 6) is 0.470. The first-order chi connectivity index (χ1) is 6.20. The molecule has 1 aliphatic heterocycles. The van der Waals surface area contributed by atoms with E-state index in [-0.39, 0.29) is 5.91 Å². The molecule has 0 radical (unpaired) electrons. The lowest BCUT2D eigenvalue weighted by atomic mass is 10.0. The van der Waals surface area contributed by atoms with Gasteiger partial charge in [-0.3, -0.25) is 4.79 Å². The third-order valence-electron chi connectivity index (χ3n) is 2.32. The maximum Gasteiger partial charge on any atom is 0.249 e. The first-order valence-electron chi connectivity index (χ1n) is 4.25. The molecule has 1 amide bonds. The molecule has 3 heteroatoms. The number of ether oxygens (including phenoxy) is 1. The number of carbonyl (C=O) groups excluding carboxylic acids is 1. The lowest BCUT2D eigenvalue weighted by Gasteiger charge is -2.05. The van der Waals surface area contributed by atoms with Crippen molar-refractivity contribution in [3.05, 3.63) is 28.8 Å². The average molecular weight is 177 g/mol. The summed E-state index contributed by atoms with van der Waals surface area (Å²) in [6.07, 6.45) is 0.787. The van der Waals surface area contributed by atoms with Gasteiger partial charge < -0.3 is 10.5 Å². The summed E-state index contributed by atoms with van der Waals surface area (Å²) in [5.41, 5.74) is 7.87. The fraction of sp³-hybridized carbons (Fsp3) is 0.300. The van der Waals surface area contributed by atoms with E-state index in [1.807, 2.05) is 13.0 Å². The Bertz CT molecular complexity index is 371. The number of benzene rings is 1. The Labute approximate surface area is 76.5 Å². The van der Waals surface area contributed by atoms with Crippen LogP contribution in [0.3, 0.4) is 0 Å². The summed E-state index contributed by atoms with van der Waals surface area (Å²) in [6, 6.07) is 3.63. The molecule has 3 nitrogen and oxygen atoms in total.